The van der Waals surface area contributed by atoms with Crippen molar-refractivity contribution in [3.05, 3.63) is 97.1 Å². The fourth-order valence-corrected chi connectivity index (χ4v) is 3.70. The zero-order valence-corrected chi connectivity index (χ0v) is 21.6. The van der Waals surface area contributed by atoms with Crippen molar-refractivity contribution in [2.24, 2.45) is 0 Å². The highest BCUT2D eigenvalue weighted by Gasteiger charge is 2.14. The van der Waals surface area contributed by atoms with Crippen molar-refractivity contribution in [1.82, 2.24) is 0 Å². The third-order valence-electron chi connectivity index (χ3n) is 5.35. The van der Waals surface area contributed by atoms with Crippen LogP contribution in [0.2, 0.25) is 5.02 Å². The molecule has 0 bridgehead atoms. The maximum absolute atomic E-state index is 11.4. The molecule has 0 spiro atoms. The lowest BCUT2D eigenvalue weighted by Crippen LogP contribution is -2.22. The number of ether oxygens (including phenoxy) is 4. The molecule has 0 saturated carbocycles. The van der Waals surface area contributed by atoms with Crippen LogP contribution < -0.4 is 9.47 Å². The van der Waals surface area contributed by atoms with Gasteiger partial charge in [0.05, 0.1) is 0 Å². The molecule has 3 aromatic carbocycles. The van der Waals surface area contributed by atoms with Gasteiger partial charge in [-0.05, 0) is 47.0 Å². The summed E-state index contributed by atoms with van der Waals surface area (Å²) in [6, 6.07) is 20.7. The molecule has 0 aliphatic rings. The van der Waals surface area contributed by atoms with Crippen LogP contribution in [-0.2, 0) is 19.1 Å². The zero-order chi connectivity index (χ0) is 26.8. The number of carbonyl (C=O) groups excluding carboxylic acids is 2. The van der Waals surface area contributed by atoms with Crippen molar-refractivity contribution in [3.63, 3.8) is 0 Å². The molecule has 2 atom stereocenters. The first-order chi connectivity index (χ1) is 17.9. The van der Waals surface area contributed by atoms with E-state index in [0.29, 0.717) is 29.4 Å². The monoisotopic (exact) mass is 520 g/mol. The summed E-state index contributed by atoms with van der Waals surface area (Å²) in [5.74, 6) is 0.102. The molecule has 0 N–H and O–H groups in total. The summed E-state index contributed by atoms with van der Waals surface area (Å²) < 4.78 is 21.8. The van der Waals surface area contributed by atoms with Gasteiger partial charge in [-0.3, -0.25) is 0 Å². The van der Waals surface area contributed by atoms with E-state index < -0.39 is 24.5 Å². The lowest BCUT2D eigenvalue weighted by Gasteiger charge is -2.17. The SMILES string of the molecule is C=CC(=O)OC(CC)Oc1ccc(-c2ccc(-c3ccc(OC(CC)OC(=O)C=C)cc3)c(Cl)c2)cc1. The molecule has 0 heterocycles. The van der Waals surface area contributed by atoms with E-state index in [1.807, 2.05) is 68.4 Å². The number of hydrogen-bond donors (Lipinski definition) is 0. The van der Waals surface area contributed by atoms with Gasteiger partial charge < -0.3 is 18.9 Å². The van der Waals surface area contributed by atoms with Crippen molar-refractivity contribution in [2.45, 2.75) is 39.3 Å². The number of esters is 2. The van der Waals surface area contributed by atoms with Crippen molar-refractivity contribution in [3.8, 4) is 33.8 Å². The van der Waals surface area contributed by atoms with Crippen LogP contribution in [0.5, 0.6) is 11.5 Å². The molecule has 0 aromatic heterocycles. The molecular formula is C30H29ClO6. The smallest absolute Gasteiger partial charge is 0.333 e. The Balaban J connectivity index is 1.69. The number of halogens is 1. The van der Waals surface area contributed by atoms with Crippen LogP contribution in [0.15, 0.2) is 92.0 Å². The highest BCUT2D eigenvalue weighted by Crippen LogP contribution is 2.34. The molecule has 0 radical (unpaired) electrons. The second-order valence-electron chi connectivity index (χ2n) is 7.94. The van der Waals surface area contributed by atoms with Gasteiger partial charge in [0.1, 0.15) is 11.5 Å². The van der Waals surface area contributed by atoms with Gasteiger partial charge in [0, 0.05) is 35.6 Å². The number of hydrogen-bond acceptors (Lipinski definition) is 6. The minimum absolute atomic E-state index is 0.504. The van der Waals surface area contributed by atoms with E-state index in [1.165, 1.54) is 0 Å². The fraction of sp³-hybridized carbons (Fsp3) is 0.200. The third-order valence-corrected chi connectivity index (χ3v) is 5.67. The van der Waals surface area contributed by atoms with Crippen LogP contribution in [0.4, 0.5) is 0 Å². The minimum Gasteiger partial charge on any atom is -0.455 e. The Kier molecular flexibility index (Phi) is 9.92. The molecule has 0 fully saturated rings. The van der Waals surface area contributed by atoms with E-state index in [-0.39, 0.29) is 0 Å². The van der Waals surface area contributed by atoms with Crippen LogP contribution in [-0.4, -0.2) is 24.5 Å². The average Bonchev–Trinajstić information content (AvgIpc) is 2.92. The van der Waals surface area contributed by atoms with E-state index in [9.17, 15) is 9.59 Å². The largest absolute Gasteiger partial charge is 0.455 e. The number of carbonyl (C=O) groups is 2. The second kappa shape index (κ2) is 13.3. The topological polar surface area (TPSA) is 71.1 Å². The Bertz CT molecular complexity index is 1230. The van der Waals surface area contributed by atoms with Crippen molar-refractivity contribution in [2.75, 3.05) is 0 Å². The van der Waals surface area contributed by atoms with Crippen LogP contribution in [0.3, 0.4) is 0 Å². The Morgan fingerprint density at radius 3 is 1.57 bits per heavy atom. The molecule has 3 aromatic rings. The van der Waals surface area contributed by atoms with Gasteiger partial charge in [-0.15, -0.1) is 0 Å². The van der Waals surface area contributed by atoms with Gasteiger partial charge >= 0.3 is 11.9 Å². The summed E-state index contributed by atoms with van der Waals surface area (Å²) in [5.41, 5.74) is 3.70. The van der Waals surface area contributed by atoms with E-state index in [4.69, 9.17) is 30.5 Å². The highest BCUT2D eigenvalue weighted by molar-refractivity contribution is 6.33. The Hall–Kier alpha value is -4.03. The predicted molar refractivity (Wildman–Crippen MR) is 144 cm³/mol. The van der Waals surface area contributed by atoms with Crippen LogP contribution in [0.1, 0.15) is 26.7 Å². The third kappa shape index (κ3) is 7.72. The summed E-state index contributed by atoms with van der Waals surface area (Å²) >= 11 is 6.64. The van der Waals surface area contributed by atoms with Gasteiger partial charge in [-0.1, -0.05) is 75.0 Å². The van der Waals surface area contributed by atoms with E-state index in [1.54, 1.807) is 12.1 Å². The average molecular weight is 521 g/mol. The highest BCUT2D eigenvalue weighted by atomic mass is 35.5. The van der Waals surface area contributed by atoms with Gasteiger partial charge in [-0.2, -0.15) is 0 Å². The first-order valence-corrected chi connectivity index (χ1v) is 12.2. The Morgan fingerprint density at radius 2 is 1.16 bits per heavy atom. The van der Waals surface area contributed by atoms with E-state index >= 15 is 0 Å². The number of benzene rings is 3. The molecule has 3 rings (SSSR count). The number of rotatable bonds is 12. The molecule has 0 amide bonds. The van der Waals surface area contributed by atoms with Crippen LogP contribution in [0.25, 0.3) is 22.3 Å². The van der Waals surface area contributed by atoms with Crippen LogP contribution >= 0.6 is 11.6 Å². The van der Waals surface area contributed by atoms with Crippen LogP contribution in [0, 0.1) is 0 Å². The maximum atomic E-state index is 11.4. The minimum atomic E-state index is -0.689. The molecule has 0 aliphatic carbocycles. The fourth-order valence-electron chi connectivity index (χ4n) is 3.41. The first kappa shape index (κ1) is 27.6. The molecule has 37 heavy (non-hydrogen) atoms. The lowest BCUT2D eigenvalue weighted by molar-refractivity contribution is -0.158. The molecule has 0 aliphatic heterocycles. The Morgan fingerprint density at radius 1 is 0.730 bits per heavy atom. The molecular weight excluding hydrogens is 492 g/mol. The quantitative estimate of drug-likeness (QED) is 0.141. The normalized spacial score (nSPS) is 12.1. The standard InChI is InChI=1S/C30H29ClO6/c1-5-27(32)36-29(7-3)34-23-14-9-20(10-15-23)22-13-18-25(26(31)19-22)21-11-16-24(17-12-21)35-30(8-4)37-28(33)6-2/h5-6,9-19,29-30H,1-2,7-8H2,3-4H3. The summed E-state index contributed by atoms with van der Waals surface area (Å²) in [7, 11) is 0. The van der Waals surface area contributed by atoms with Crippen molar-refractivity contribution < 1.29 is 28.5 Å². The Labute approximate surface area is 222 Å². The van der Waals surface area contributed by atoms with Gasteiger partial charge in [-0.25, -0.2) is 9.59 Å². The van der Waals surface area contributed by atoms with Gasteiger partial charge in [0.15, 0.2) is 0 Å². The van der Waals surface area contributed by atoms with Crippen molar-refractivity contribution in [1.29, 1.82) is 0 Å². The second-order valence-corrected chi connectivity index (χ2v) is 8.34. The van der Waals surface area contributed by atoms with Gasteiger partial charge in [0.25, 0.3) is 0 Å². The summed E-state index contributed by atoms with van der Waals surface area (Å²) in [4.78, 5) is 22.9. The summed E-state index contributed by atoms with van der Waals surface area (Å²) in [6.45, 7) is 10.5. The zero-order valence-electron chi connectivity index (χ0n) is 20.8. The predicted octanol–water partition coefficient (Wildman–Crippen LogP) is 7.36. The maximum Gasteiger partial charge on any atom is 0.333 e. The van der Waals surface area contributed by atoms with E-state index in [2.05, 4.69) is 13.2 Å². The first-order valence-electron chi connectivity index (χ1n) is 11.9. The summed E-state index contributed by atoms with van der Waals surface area (Å²) in [6.07, 6.45) is 1.85. The molecule has 192 valence electrons. The van der Waals surface area contributed by atoms with Gasteiger partial charge in [0.2, 0.25) is 12.6 Å². The summed E-state index contributed by atoms with van der Waals surface area (Å²) in [5, 5.41) is 0.597. The molecule has 2 unspecified atom stereocenters. The van der Waals surface area contributed by atoms with Crippen molar-refractivity contribution >= 4 is 23.5 Å². The molecule has 0 saturated heterocycles. The molecule has 6 nitrogen and oxygen atoms in total. The van der Waals surface area contributed by atoms with E-state index in [0.717, 1.165) is 34.4 Å². The molecule has 7 heteroatoms. The lowest BCUT2D eigenvalue weighted by atomic mass is 10.00.